The molecule has 0 aromatic rings. The maximum Gasteiger partial charge on any atom is 0.107 e. The van der Waals surface area contributed by atoms with E-state index in [1.54, 1.807) is 0 Å². The standard InChI is InChI=1S/C9H19OS/c1-11(2)8-4-6-9-5-3-7-10-9/h9H,3-8H2,1-2H3/q+1. The van der Waals surface area contributed by atoms with Crippen molar-refractivity contribution in [2.45, 2.75) is 31.8 Å². The molecule has 0 N–H and O–H groups in total. The van der Waals surface area contributed by atoms with Gasteiger partial charge in [-0.15, -0.1) is 0 Å². The highest BCUT2D eigenvalue weighted by Gasteiger charge is 2.15. The maximum absolute atomic E-state index is 5.54. The predicted octanol–water partition coefficient (Wildman–Crippen LogP) is 1.82. The monoisotopic (exact) mass is 175 g/mol. The van der Waals surface area contributed by atoms with Gasteiger partial charge in [0, 0.05) is 6.61 Å². The van der Waals surface area contributed by atoms with Crippen molar-refractivity contribution < 1.29 is 4.74 Å². The number of hydrogen-bond acceptors (Lipinski definition) is 1. The Morgan fingerprint density at radius 2 is 2.27 bits per heavy atom. The van der Waals surface area contributed by atoms with E-state index in [0.717, 1.165) is 6.61 Å². The molecule has 1 nitrogen and oxygen atoms in total. The molecule has 0 bridgehead atoms. The van der Waals surface area contributed by atoms with Crippen LogP contribution in [0, 0.1) is 0 Å². The van der Waals surface area contributed by atoms with Crippen LogP contribution < -0.4 is 0 Å². The molecule has 1 heterocycles. The summed E-state index contributed by atoms with van der Waals surface area (Å²) in [5.74, 6) is 1.39. The Bertz CT molecular complexity index is 97.7. The lowest BCUT2D eigenvalue weighted by Crippen LogP contribution is -2.08. The lowest BCUT2D eigenvalue weighted by atomic mass is 10.1. The molecule has 0 amide bonds. The Morgan fingerprint density at radius 1 is 1.45 bits per heavy atom. The minimum atomic E-state index is 0.610. The normalized spacial score (nSPS) is 24.8. The van der Waals surface area contributed by atoms with E-state index in [0.29, 0.717) is 17.0 Å². The predicted molar refractivity (Wildman–Crippen MR) is 52.3 cm³/mol. The van der Waals surface area contributed by atoms with Crippen molar-refractivity contribution in [3.05, 3.63) is 0 Å². The van der Waals surface area contributed by atoms with Crippen molar-refractivity contribution in [3.63, 3.8) is 0 Å². The first-order chi connectivity index (χ1) is 5.29. The molecule has 0 spiro atoms. The van der Waals surface area contributed by atoms with Gasteiger partial charge in [0.1, 0.15) is 5.75 Å². The van der Waals surface area contributed by atoms with E-state index in [4.69, 9.17) is 4.74 Å². The zero-order chi connectivity index (χ0) is 8.10. The van der Waals surface area contributed by atoms with E-state index in [2.05, 4.69) is 12.5 Å². The molecule has 1 fully saturated rings. The number of ether oxygens (including phenoxy) is 1. The molecule has 1 rings (SSSR count). The Morgan fingerprint density at radius 3 is 2.82 bits per heavy atom. The summed E-state index contributed by atoms with van der Waals surface area (Å²) in [4.78, 5) is 0. The first-order valence-corrected chi connectivity index (χ1v) is 6.66. The average Bonchev–Trinajstić information content (AvgIpc) is 2.39. The van der Waals surface area contributed by atoms with Crippen LogP contribution in [0.15, 0.2) is 0 Å². The molecule has 0 aromatic heterocycles. The Hall–Kier alpha value is 0.310. The molecule has 1 aliphatic rings. The summed E-state index contributed by atoms with van der Waals surface area (Å²) >= 11 is 0. The van der Waals surface area contributed by atoms with Gasteiger partial charge in [-0.25, -0.2) is 0 Å². The summed E-state index contributed by atoms with van der Waals surface area (Å²) in [6.07, 6.45) is 10.5. The molecule has 1 aliphatic heterocycles. The van der Waals surface area contributed by atoms with Gasteiger partial charge in [0.05, 0.1) is 18.6 Å². The van der Waals surface area contributed by atoms with Gasteiger partial charge in [0.15, 0.2) is 0 Å². The second-order valence-corrected chi connectivity index (χ2v) is 5.85. The summed E-state index contributed by atoms with van der Waals surface area (Å²) in [5.41, 5.74) is 0. The van der Waals surface area contributed by atoms with Crippen molar-refractivity contribution in [2.75, 3.05) is 24.9 Å². The van der Waals surface area contributed by atoms with Gasteiger partial charge in [-0.3, -0.25) is 0 Å². The minimum absolute atomic E-state index is 0.610. The molecule has 0 aliphatic carbocycles. The molecule has 11 heavy (non-hydrogen) atoms. The number of rotatable bonds is 4. The van der Waals surface area contributed by atoms with E-state index >= 15 is 0 Å². The molecular formula is C9H19OS+. The maximum atomic E-state index is 5.54. The van der Waals surface area contributed by atoms with Crippen molar-refractivity contribution in [1.82, 2.24) is 0 Å². The van der Waals surface area contributed by atoms with Crippen LogP contribution in [-0.2, 0) is 15.6 Å². The molecule has 0 radical (unpaired) electrons. The van der Waals surface area contributed by atoms with Gasteiger partial charge >= 0.3 is 0 Å². The fourth-order valence-electron chi connectivity index (χ4n) is 1.47. The van der Waals surface area contributed by atoms with Crippen LogP contribution in [0.5, 0.6) is 0 Å². The minimum Gasteiger partial charge on any atom is -0.378 e. The van der Waals surface area contributed by atoms with E-state index in [1.807, 2.05) is 0 Å². The van der Waals surface area contributed by atoms with Crippen LogP contribution in [-0.4, -0.2) is 31.0 Å². The highest BCUT2D eigenvalue weighted by atomic mass is 32.2. The molecule has 1 atom stereocenters. The summed E-state index contributed by atoms with van der Waals surface area (Å²) < 4.78 is 5.54. The topological polar surface area (TPSA) is 9.23 Å². The Kier molecular flexibility index (Phi) is 4.31. The fourth-order valence-corrected chi connectivity index (χ4v) is 2.22. The number of hydrogen-bond donors (Lipinski definition) is 0. The van der Waals surface area contributed by atoms with Crippen LogP contribution in [0.2, 0.25) is 0 Å². The smallest absolute Gasteiger partial charge is 0.107 e. The lowest BCUT2D eigenvalue weighted by molar-refractivity contribution is 0.104. The van der Waals surface area contributed by atoms with Gasteiger partial charge < -0.3 is 4.74 Å². The van der Waals surface area contributed by atoms with Crippen LogP contribution in [0.3, 0.4) is 0 Å². The molecular weight excluding hydrogens is 156 g/mol. The van der Waals surface area contributed by atoms with Crippen LogP contribution in [0.25, 0.3) is 0 Å². The largest absolute Gasteiger partial charge is 0.378 e. The van der Waals surface area contributed by atoms with Gasteiger partial charge in [-0.1, -0.05) is 0 Å². The SMILES string of the molecule is C[S+](C)CCCC1CCCO1. The Labute approximate surface area is 72.9 Å². The summed E-state index contributed by atoms with van der Waals surface area (Å²) in [6, 6.07) is 0. The zero-order valence-corrected chi connectivity index (χ0v) is 8.45. The lowest BCUT2D eigenvalue weighted by Gasteiger charge is -2.06. The summed E-state index contributed by atoms with van der Waals surface area (Å²) in [5, 5.41) is 0. The third-order valence-corrected chi connectivity index (χ3v) is 3.21. The molecule has 2 heteroatoms. The van der Waals surface area contributed by atoms with Crippen LogP contribution >= 0.6 is 0 Å². The second kappa shape index (κ2) is 5.04. The van der Waals surface area contributed by atoms with Crippen molar-refractivity contribution in [3.8, 4) is 0 Å². The highest BCUT2D eigenvalue weighted by molar-refractivity contribution is 7.95. The van der Waals surface area contributed by atoms with Crippen LogP contribution in [0.4, 0.5) is 0 Å². The second-order valence-electron chi connectivity index (χ2n) is 3.47. The molecule has 0 aromatic carbocycles. The zero-order valence-electron chi connectivity index (χ0n) is 7.64. The highest BCUT2D eigenvalue weighted by Crippen LogP contribution is 2.16. The van der Waals surface area contributed by atoms with E-state index in [9.17, 15) is 0 Å². The Balaban J connectivity index is 1.94. The van der Waals surface area contributed by atoms with E-state index < -0.39 is 0 Å². The molecule has 66 valence electrons. The molecule has 0 saturated carbocycles. The van der Waals surface area contributed by atoms with Crippen molar-refractivity contribution >= 4 is 10.9 Å². The third kappa shape index (κ3) is 4.02. The van der Waals surface area contributed by atoms with E-state index in [1.165, 1.54) is 31.4 Å². The van der Waals surface area contributed by atoms with Gasteiger partial charge in [0.2, 0.25) is 0 Å². The van der Waals surface area contributed by atoms with Crippen molar-refractivity contribution in [2.24, 2.45) is 0 Å². The summed E-state index contributed by atoms with van der Waals surface area (Å²) in [7, 11) is 0.629. The quantitative estimate of drug-likeness (QED) is 0.592. The summed E-state index contributed by atoms with van der Waals surface area (Å²) in [6.45, 7) is 1.01. The fraction of sp³-hybridized carbons (Fsp3) is 1.00. The van der Waals surface area contributed by atoms with Gasteiger partial charge in [0.25, 0.3) is 0 Å². The average molecular weight is 175 g/mol. The van der Waals surface area contributed by atoms with E-state index in [-0.39, 0.29) is 0 Å². The van der Waals surface area contributed by atoms with Gasteiger partial charge in [-0.2, -0.15) is 0 Å². The molecule has 1 unspecified atom stereocenters. The van der Waals surface area contributed by atoms with Crippen molar-refractivity contribution in [1.29, 1.82) is 0 Å². The first-order valence-electron chi connectivity index (χ1n) is 4.45. The third-order valence-electron chi connectivity index (χ3n) is 2.10. The molecule has 1 saturated heterocycles. The van der Waals surface area contributed by atoms with Crippen LogP contribution in [0.1, 0.15) is 25.7 Å². The van der Waals surface area contributed by atoms with Gasteiger partial charge in [-0.05, 0) is 36.6 Å². The first kappa shape index (κ1) is 9.40.